The van der Waals surface area contributed by atoms with Crippen LogP contribution in [0.5, 0.6) is 0 Å². The van der Waals surface area contributed by atoms with Gasteiger partial charge in [-0.2, -0.15) is 0 Å². The van der Waals surface area contributed by atoms with Crippen molar-refractivity contribution in [3.63, 3.8) is 0 Å². The van der Waals surface area contributed by atoms with Crippen LogP contribution in [0.4, 0.5) is 5.69 Å². The molecule has 0 aliphatic carbocycles. The first kappa shape index (κ1) is 17.7. The molecule has 24 heavy (non-hydrogen) atoms. The van der Waals surface area contributed by atoms with E-state index in [-0.39, 0.29) is 17.9 Å². The summed E-state index contributed by atoms with van der Waals surface area (Å²) in [6.45, 7) is 8.01. The first-order chi connectivity index (χ1) is 11.4. The second-order valence-corrected chi connectivity index (χ2v) is 6.38. The molecule has 0 aliphatic rings. The molecule has 126 valence electrons. The normalized spacial score (nSPS) is 11.9. The number of rotatable bonds is 5. The number of para-hydroxylation sites is 1. The van der Waals surface area contributed by atoms with Crippen molar-refractivity contribution in [2.75, 3.05) is 5.32 Å². The van der Waals surface area contributed by atoms with Gasteiger partial charge >= 0.3 is 0 Å². The minimum absolute atomic E-state index is 0.0537. The minimum atomic E-state index is -0.226. The van der Waals surface area contributed by atoms with Gasteiger partial charge in [0.15, 0.2) is 0 Å². The van der Waals surface area contributed by atoms with E-state index in [1.165, 1.54) is 0 Å². The smallest absolute Gasteiger partial charge is 0.255 e. The average Bonchev–Trinajstić information content (AvgIpc) is 2.55. The number of carbonyl (C=O) groups excluding carboxylic acids is 2. The third-order valence-electron chi connectivity index (χ3n) is 4.06. The molecule has 0 bridgehead atoms. The van der Waals surface area contributed by atoms with Crippen molar-refractivity contribution in [3.05, 3.63) is 65.2 Å². The van der Waals surface area contributed by atoms with Crippen molar-refractivity contribution in [2.45, 2.75) is 33.7 Å². The maximum absolute atomic E-state index is 12.5. The van der Waals surface area contributed by atoms with Gasteiger partial charge in [0.1, 0.15) is 0 Å². The molecule has 1 unspecified atom stereocenters. The molecule has 0 spiro atoms. The molecular weight excluding hydrogens is 300 g/mol. The van der Waals surface area contributed by atoms with Gasteiger partial charge in [0.2, 0.25) is 0 Å². The molecule has 0 saturated heterocycles. The summed E-state index contributed by atoms with van der Waals surface area (Å²) >= 11 is 0. The number of hydrogen-bond acceptors (Lipinski definition) is 2. The highest BCUT2D eigenvalue weighted by Gasteiger charge is 2.17. The second-order valence-electron chi connectivity index (χ2n) is 6.38. The van der Waals surface area contributed by atoms with Crippen LogP contribution in [0.25, 0.3) is 0 Å². The van der Waals surface area contributed by atoms with Gasteiger partial charge < -0.3 is 10.6 Å². The van der Waals surface area contributed by atoms with Gasteiger partial charge in [0, 0.05) is 11.6 Å². The van der Waals surface area contributed by atoms with E-state index in [0.29, 0.717) is 22.7 Å². The number of amides is 2. The Bertz CT molecular complexity index is 738. The fourth-order valence-corrected chi connectivity index (χ4v) is 2.22. The topological polar surface area (TPSA) is 58.2 Å². The fourth-order valence-electron chi connectivity index (χ4n) is 2.22. The van der Waals surface area contributed by atoms with Crippen LogP contribution in [0.1, 0.15) is 47.1 Å². The quantitative estimate of drug-likeness (QED) is 0.872. The maximum atomic E-state index is 12.5. The van der Waals surface area contributed by atoms with E-state index >= 15 is 0 Å². The van der Waals surface area contributed by atoms with Crippen LogP contribution in [-0.2, 0) is 0 Å². The molecule has 2 aromatic carbocycles. The number of anilines is 1. The van der Waals surface area contributed by atoms with Crippen LogP contribution >= 0.6 is 0 Å². The van der Waals surface area contributed by atoms with Crippen molar-refractivity contribution in [1.29, 1.82) is 0 Å². The predicted molar refractivity (Wildman–Crippen MR) is 97.3 cm³/mol. The molecule has 2 aromatic rings. The molecule has 0 saturated carbocycles. The van der Waals surface area contributed by atoms with Gasteiger partial charge in [-0.15, -0.1) is 0 Å². The largest absolute Gasteiger partial charge is 0.349 e. The first-order valence-electron chi connectivity index (χ1n) is 8.16. The number of carbonyl (C=O) groups is 2. The predicted octanol–water partition coefficient (Wildman–Crippen LogP) is 4.02. The Balaban J connectivity index is 2.19. The Morgan fingerprint density at radius 2 is 1.62 bits per heavy atom. The molecule has 0 aliphatic heterocycles. The van der Waals surface area contributed by atoms with Gasteiger partial charge in [0.25, 0.3) is 11.8 Å². The number of hydrogen-bond donors (Lipinski definition) is 2. The molecule has 0 fully saturated rings. The summed E-state index contributed by atoms with van der Waals surface area (Å²) in [5, 5.41) is 5.81. The van der Waals surface area contributed by atoms with E-state index < -0.39 is 0 Å². The molecule has 2 rings (SSSR count). The number of nitrogens with one attached hydrogen (secondary N) is 2. The lowest BCUT2D eigenvalue weighted by Crippen LogP contribution is -2.36. The van der Waals surface area contributed by atoms with Gasteiger partial charge in [0.05, 0.1) is 11.3 Å². The molecule has 2 N–H and O–H groups in total. The highest BCUT2D eigenvalue weighted by atomic mass is 16.2. The Hall–Kier alpha value is -2.62. The second kappa shape index (κ2) is 7.77. The lowest BCUT2D eigenvalue weighted by atomic mass is 10.1. The molecule has 0 aromatic heterocycles. The van der Waals surface area contributed by atoms with Crippen molar-refractivity contribution in [2.24, 2.45) is 5.92 Å². The van der Waals surface area contributed by atoms with Crippen LogP contribution < -0.4 is 10.6 Å². The molecular formula is C20H24N2O2. The zero-order valence-electron chi connectivity index (χ0n) is 14.6. The Morgan fingerprint density at radius 3 is 2.29 bits per heavy atom. The Labute approximate surface area is 143 Å². The molecule has 1 atom stereocenters. The molecule has 2 amide bonds. The van der Waals surface area contributed by atoms with Crippen LogP contribution in [0, 0.1) is 12.8 Å². The third kappa shape index (κ3) is 4.44. The van der Waals surface area contributed by atoms with Crippen LogP contribution in [0.3, 0.4) is 0 Å². The maximum Gasteiger partial charge on any atom is 0.255 e. The highest BCUT2D eigenvalue weighted by molar-refractivity contribution is 6.09. The van der Waals surface area contributed by atoms with Gasteiger partial charge in [-0.05, 0) is 44.0 Å². The average molecular weight is 324 g/mol. The summed E-state index contributed by atoms with van der Waals surface area (Å²) in [5.41, 5.74) is 2.56. The summed E-state index contributed by atoms with van der Waals surface area (Å²) in [7, 11) is 0. The van der Waals surface area contributed by atoms with Crippen molar-refractivity contribution in [3.8, 4) is 0 Å². The monoisotopic (exact) mass is 324 g/mol. The summed E-state index contributed by atoms with van der Waals surface area (Å²) in [6.07, 6.45) is 0. The van der Waals surface area contributed by atoms with Crippen molar-refractivity contribution in [1.82, 2.24) is 5.32 Å². The number of benzene rings is 2. The van der Waals surface area contributed by atoms with Crippen LogP contribution in [0.2, 0.25) is 0 Å². The van der Waals surface area contributed by atoms with E-state index in [9.17, 15) is 9.59 Å². The lowest BCUT2D eigenvalue weighted by Gasteiger charge is -2.18. The van der Waals surface area contributed by atoms with E-state index in [1.54, 1.807) is 30.3 Å². The SMILES string of the molecule is Cc1cccc(C(=O)Nc2ccccc2C(=O)NC(C)C(C)C)c1. The highest BCUT2D eigenvalue weighted by Crippen LogP contribution is 2.17. The standard InChI is InChI=1S/C20H24N2O2/c1-13(2)15(4)21-20(24)17-10-5-6-11-18(17)22-19(23)16-9-7-8-14(3)12-16/h5-13,15H,1-4H3,(H,21,24)(H,22,23). The van der Waals surface area contributed by atoms with Gasteiger partial charge in [-0.25, -0.2) is 0 Å². The van der Waals surface area contributed by atoms with E-state index in [2.05, 4.69) is 24.5 Å². The van der Waals surface area contributed by atoms with E-state index in [0.717, 1.165) is 5.56 Å². The van der Waals surface area contributed by atoms with Crippen LogP contribution in [-0.4, -0.2) is 17.9 Å². The van der Waals surface area contributed by atoms with E-state index in [1.807, 2.05) is 32.0 Å². The molecule has 4 nitrogen and oxygen atoms in total. The minimum Gasteiger partial charge on any atom is -0.349 e. The fraction of sp³-hybridized carbons (Fsp3) is 0.300. The molecule has 0 radical (unpaired) electrons. The van der Waals surface area contributed by atoms with Crippen LogP contribution in [0.15, 0.2) is 48.5 Å². The summed E-state index contributed by atoms with van der Waals surface area (Å²) in [5.74, 6) is -0.0739. The zero-order valence-corrected chi connectivity index (χ0v) is 14.6. The van der Waals surface area contributed by atoms with Gasteiger partial charge in [-0.1, -0.05) is 43.7 Å². The lowest BCUT2D eigenvalue weighted by molar-refractivity contribution is 0.0931. The van der Waals surface area contributed by atoms with Crippen molar-refractivity contribution < 1.29 is 9.59 Å². The Kier molecular flexibility index (Phi) is 5.74. The third-order valence-corrected chi connectivity index (χ3v) is 4.06. The molecule has 0 heterocycles. The summed E-state index contributed by atoms with van der Waals surface area (Å²) in [6, 6.07) is 14.4. The summed E-state index contributed by atoms with van der Waals surface area (Å²) in [4.78, 5) is 24.9. The van der Waals surface area contributed by atoms with Gasteiger partial charge in [-0.3, -0.25) is 9.59 Å². The number of aryl methyl sites for hydroxylation is 1. The summed E-state index contributed by atoms with van der Waals surface area (Å²) < 4.78 is 0. The Morgan fingerprint density at radius 1 is 0.917 bits per heavy atom. The first-order valence-corrected chi connectivity index (χ1v) is 8.16. The van der Waals surface area contributed by atoms with E-state index in [4.69, 9.17) is 0 Å². The van der Waals surface area contributed by atoms with Crippen molar-refractivity contribution >= 4 is 17.5 Å². The zero-order chi connectivity index (χ0) is 17.7. The molecule has 4 heteroatoms.